The zero-order valence-corrected chi connectivity index (χ0v) is 20.7. The summed E-state index contributed by atoms with van der Waals surface area (Å²) in [4.78, 5) is 18.7. The first-order valence-electron chi connectivity index (χ1n) is 11.6. The van der Waals surface area contributed by atoms with Crippen molar-refractivity contribution >= 4 is 29.2 Å². The van der Waals surface area contributed by atoms with Crippen molar-refractivity contribution in [3.05, 3.63) is 69.8 Å². The third-order valence-corrected chi connectivity index (χ3v) is 7.11. The summed E-state index contributed by atoms with van der Waals surface area (Å²) in [7, 11) is 0. The zero-order valence-electron chi connectivity index (χ0n) is 19.9. The third kappa shape index (κ3) is 5.49. The first-order valence-corrected chi connectivity index (χ1v) is 12.0. The van der Waals surface area contributed by atoms with E-state index >= 15 is 0 Å². The summed E-state index contributed by atoms with van der Waals surface area (Å²) >= 11 is 5.79. The predicted molar refractivity (Wildman–Crippen MR) is 130 cm³/mol. The molecule has 0 aliphatic carbocycles. The van der Waals surface area contributed by atoms with Gasteiger partial charge in [-0.25, -0.2) is 18.2 Å². The molecule has 1 aliphatic rings. The Hall–Kier alpha value is -3.11. The van der Waals surface area contributed by atoms with Crippen molar-refractivity contribution in [1.29, 1.82) is 0 Å². The highest BCUT2D eigenvalue weighted by Crippen LogP contribution is 2.39. The van der Waals surface area contributed by atoms with Gasteiger partial charge in [0.1, 0.15) is 23.3 Å². The van der Waals surface area contributed by atoms with Crippen LogP contribution in [0, 0.1) is 29.8 Å². The van der Waals surface area contributed by atoms with Crippen molar-refractivity contribution < 1.29 is 23.1 Å². The number of benzene rings is 1. The fraction of sp³-hybridized carbons (Fsp3) is 0.400. The third-order valence-electron chi connectivity index (χ3n) is 6.82. The van der Waals surface area contributed by atoms with E-state index in [-0.39, 0.29) is 48.0 Å². The summed E-state index contributed by atoms with van der Waals surface area (Å²) in [5, 5.41) is 19.9. The van der Waals surface area contributed by atoms with E-state index in [9.17, 15) is 23.1 Å². The monoisotopic (exact) mass is 521 g/mol. The number of carbonyl (C=O) groups is 1. The van der Waals surface area contributed by atoms with Gasteiger partial charge >= 0.3 is 5.97 Å². The molecule has 2 atom stereocenters. The molecule has 0 bridgehead atoms. The highest BCUT2D eigenvalue weighted by molar-refractivity contribution is 6.30. The van der Waals surface area contributed by atoms with Gasteiger partial charge in [-0.2, -0.15) is 5.10 Å². The summed E-state index contributed by atoms with van der Waals surface area (Å²) in [5.41, 5.74) is -0.421. The normalized spacial score (nSPS) is 20.4. The zero-order chi connectivity index (χ0) is 26.0. The number of piperidine rings is 1. The van der Waals surface area contributed by atoms with E-state index in [2.05, 4.69) is 20.5 Å². The molecule has 7 nitrogen and oxygen atoms in total. The number of anilines is 2. The van der Waals surface area contributed by atoms with Gasteiger partial charge in [-0.15, -0.1) is 0 Å². The quantitative estimate of drug-likeness (QED) is 0.350. The molecule has 0 unspecified atom stereocenters. The minimum atomic E-state index is -1.22. The molecule has 36 heavy (non-hydrogen) atoms. The molecular weight excluding hydrogens is 495 g/mol. The van der Waals surface area contributed by atoms with Crippen LogP contribution in [0.4, 0.5) is 24.8 Å². The van der Waals surface area contributed by atoms with Crippen LogP contribution in [-0.2, 0) is 17.6 Å². The Labute approximate surface area is 211 Å². The first kappa shape index (κ1) is 26.0. The standard InChI is InChI=1S/C25H27ClF3N5O2/c1-14-11-22(33-32-14)31-21-6-5-19(28)20(30-21)13-25(24(35)36)8-10-34(15(2)12-25)9-7-16-18(27)4-3-17(26)23(16)29/h3-6,11,15H,7-10,12-13H2,1-2H3,(H,35,36)(H2,30,31,32,33)/t15-,25-/m1/s1. The van der Waals surface area contributed by atoms with E-state index in [0.29, 0.717) is 24.7 Å². The number of carboxylic acid groups (broad SMARTS) is 1. The molecule has 192 valence electrons. The Morgan fingerprint density at radius 2 is 2.00 bits per heavy atom. The van der Waals surface area contributed by atoms with E-state index in [1.54, 1.807) is 6.07 Å². The second-order valence-electron chi connectivity index (χ2n) is 9.36. The minimum absolute atomic E-state index is 0.0541. The number of aryl methyl sites for hydroxylation is 1. The molecule has 1 aromatic carbocycles. The second kappa shape index (κ2) is 10.5. The van der Waals surface area contributed by atoms with E-state index in [1.807, 2.05) is 18.7 Å². The van der Waals surface area contributed by atoms with Crippen molar-refractivity contribution in [3.63, 3.8) is 0 Å². The Morgan fingerprint density at radius 1 is 1.25 bits per heavy atom. The SMILES string of the molecule is Cc1cc(Nc2ccc(F)c(C[C@@]3(C(=O)O)CCN(CCc4c(F)ccc(Cl)c4F)[C@H](C)C3)n2)n[nH]1. The number of likely N-dealkylation sites (tertiary alicyclic amines) is 1. The van der Waals surface area contributed by atoms with E-state index in [1.165, 1.54) is 18.2 Å². The number of halogens is 4. The molecular formula is C25H27ClF3N5O2. The fourth-order valence-electron chi connectivity index (χ4n) is 4.80. The molecule has 4 rings (SSSR count). The smallest absolute Gasteiger partial charge is 0.310 e. The van der Waals surface area contributed by atoms with Gasteiger partial charge in [0.15, 0.2) is 5.82 Å². The number of aromatic nitrogens is 3. The number of rotatable bonds is 8. The van der Waals surface area contributed by atoms with Crippen LogP contribution in [0.5, 0.6) is 0 Å². The molecule has 3 aromatic rings. The molecule has 3 N–H and O–H groups in total. The number of aliphatic carboxylic acids is 1. The van der Waals surface area contributed by atoms with Crippen molar-refractivity contribution in [3.8, 4) is 0 Å². The minimum Gasteiger partial charge on any atom is -0.481 e. The maximum absolute atomic E-state index is 14.7. The Balaban J connectivity index is 1.47. The molecule has 1 fully saturated rings. The summed E-state index contributed by atoms with van der Waals surface area (Å²) in [6.45, 7) is 4.42. The number of hydrogen-bond acceptors (Lipinski definition) is 5. The number of aromatic amines is 1. The summed E-state index contributed by atoms with van der Waals surface area (Å²) in [6.07, 6.45) is 0.489. The van der Waals surface area contributed by atoms with E-state index in [0.717, 1.165) is 11.8 Å². The van der Waals surface area contributed by atoms with Crippen molar-refractivity contribution in [2.75, 3.05) is 18.4 Å². The molecule has 1 saturated heterocycles. The van der Waals surface area contributed by atoms with Gasteiger partial charge in [0.2, 0.25) is 0 Å². The lowest BCUT2D eigenvalue weighted by molar-refractivity contribution is -0.153. The lowest BCUT2D eigenvalue weighted by Crippen LogP contribution is -2.50. The van der Waals surface area contributed by atoms with Crippen LogP contribution in [0.1, 0.15) is 36.7 Å². The van der Waals surface area contributed by atoms with Gasteiger partial charge in [-0.05, 0) is 63.9 Å². The van der Waals surface area contributed by atoms with Crippen LogP contribution < -0.4 is 5.32 Å². The van der Waals surface area contributed by atoms with Crippen LogP contribution in [0.15, 0.2) is 30.3 Å². The van der Waals surface area contributed by atoms with Crippen LogP contribution in [0.3, 0.4) is 0 Å². The van der Waals surface area contributed by atoms with Gasteiger partial charge in [0.05, 0.1) is 16.1 Å². The Kier molecular flexibility index (Phi) is 7.56. The maximum Gasteiger partial charge on any atom is 0.310 e. The number of H-pyrrole nitrogens is 1. The van der Waals surface area contributed by atoms with E-state index in [4.69, 9.17) is 11.6 Å². The van der Waals surface area contributed by atoms with Crippen molar-refractivity contribution in [2.45, 2.75) is 45.6 Å². The van der Waals surface area contributed by atoms with Gasteiger partial charge in [-0.1, -0.05) is 11.6 Å². The highest BCUT2D eigenvalue weighted by Gasteiger charge is 2.45. The maximum atomic E-state index is 14.7. The summed E-state index contributed by atoms with van der Waals surface area (Å²) in [5.74, 6) is -2.18. The molecule has 0 spiro atoms. The molecule has 0 saturated carbocycles. The molecule has 0 radical (unpaired) electrons. The first-order chi connectivity index (χ1) is 17.1. The van der Waals surface area contributed by atoms with Crippen molar-refractivity contribution in [2.24, 2.45) is 5.41 Å². The lowest BCUT2D eigenvalue weighted by atomic mass is 9.72. The molecule has 3 heterocycles. The largest absolute Gasteiger partial charge is 0.481 e. The molecule has 1 aliphatic heterocycles. The van der Waals surface area contributed by atoms with Crippen LogP contribution in [0.2, 0.25) is 5.02 Å². The fourth-order valence-corrected chi connectivity index (χ4v) is 4.98. The molecule has 0 amide bonds. The number of nitrogens with one attached hydrogen (secondary N) is 2. The Morgan fingerprint density at radius 3 is 2.67 bits per heavy atom. The van der Waals surface area contributed by atoms with E-state index < -0.39 is 28.8 Å². The van der Waals surface area contributed by atoms with Gasteiger partial charge in [-0.3, -0.25) is 9.89 Å². The second-order valence-corrected chi connectivity index (χ2v) is 9.77. The van der Waals surface area contributed by atoms with Gasteiger partial charge in [0, 0.05) is 36.3 Å². The summed E-state index contributed by atoms with van der Waals surface area (Å²) in [6, 6.07) is 6.59. The van der Waals surface area contributed by atoms with Gasteiger partial charge in [0.25, 0.3) is 0 Å². The van der Waals surface area contributed by atoms with Crippen LogP contribution in [0.25, 0.3) is 0 Å². The average molecular weight is 522 g/mol. The van der Waals surface area contributed by atoms with Crippen molar-refractivity contribution in [1.82, 2.24) is 20.1 Å². The highest BCUT2D eigenvalue weighted by atomic mass is 35.5. The van der Waals surface area contributed by atoms with Crippen LogP contribution in [-0.4, -0.2) is 50.3 Å². The number of nitrogens with zero attached hydrogens (tertiary/aromatic N) is 3. The number of carboxylic acids is 1. The molecule has 2 aromatic heterocycles. The lowest BCUT2D eigenvalue weighted by Gasteiger charge is -2.43. The van der Waals surface area contributed by atoms with Gasteiger partial charge < -0.3 is 15.3 Å². The topological polar surface area (TPSA) is 94.1 Å². The Bertz CT molecular complexity index is 1270. The van der Waals surface area contributed by atoms with Crippen LogP contribution >= 0.6 is 11.6 Å². The number of pyridine rings is 1. The predicted octanol–water partition coefficient (Wildman–Crippen LogP) is 5.27. The average Bonchev–Trinajstić information content (AvgIpc) is 3.24. The number of hydrogen-bond donors (Lipinski definition) is 3. The summed E-state index contributed by atoms with van der Waals surface area (Å²) < 4.78 is 43.1. The molecule has 11 heteroatoms.